The van der Waals surface area contributed by atoms with E-state index in [1.165, 1.54) is 6.07 Å². The summed E-state index contributed by atoms with van der Waals surface area (Å²) in [5, 5.41) is 2.81. The van der Waals surface area contributed by atoms with Crippen molar-refractivity contribution in [3.63, 3.8) is 0 Å². The van der Waals surface area contributed by atoms with Gasteiger partial charge >= 0.3 is 6.03 Å². The molecule has 0 saturated heterocycles. The molecule has 1 atom stereocenters. The minimum Gasteiger partial charge on any atom is -0.495 e. The Morgan fingerprint density at radius 2 is 1.69 bits per heavy atom. The molecule has 0 fully saturated rings. The number of sulfonamides is 1. The van der Waals surface area contributed by atoms with E-state index in [1.54, 1.807) is 44.6 Å². The first kappa shape index (κ1) is 24.0. The maximum Gasteiger partial charge on any atom is 0.329 e. The Morgan fingerprint density at radius 1 is 1.00 bits per heavy atom. The predicted molar refractivity (Wildman–Crippen MR) is 133 cm³/mol. The SMILES string of the molecule is COc1ccccc1-n1ccnc1C(Cc1ccccc1)NC(=O)NS(=O)(=O)c1ccccc1C. The zero-order valence-electron chi connectivity index (χ0n) is 19.4. The molecule has 0 saturated carbocycles. The second kappa shape index (κ2) is 10.4. The molecule has 35 heavy (non-hydrogen) atoms. The summed E-state index contributed by atoms with van der Waals surface area (Å²) in [7, 11) is -2.48. The first-order chi connectivity index (χ1) is 16.9. The number of carbonyl (C=O) groups excluding carboxylic acids is 1. The number of benzene rings is 3. The molecule has 0 aliphatic heterocycles. The first-order valence-electron chi connectivity index (χ1n) is 11.0. The van der Waals surface area contributed by atoms with E-state index in [1.807, 2.05) is 59.2 Å². The molecule has 0 radical (unpaired) electrons. The van der Waals surface area contributed by atoms with Crippen LogP contribution >= 0.6 is 0 Å². The van der Waals surface area contributed by atoms with Crippen LogP contribution < -0.4 is 14.8 Å². The lowest BCUT2D eigenvalue weighted by Crippen LogP contribution is -2.42. The van der Waals surface area contributed by atoms with Gasteiger partial charge in [0.15, 0.2) is 0 Å². The molecule has 1 aromatic heterocycles. The van der Waals surface area contributed by atoms with E-state index in [2.05, 4.69) is 15.0 Å². The van der Waals surface area contributed by atoms with E-state index >= 15 is 0 Å². The number of nitrogens with one attached hydrogen (secondary N) is 2. The average Bonchev–Trinajstić information content (AvgIpc) is 3.34. The zero-order chi connectivity index (χ0) is 24.8. The molecule has 3 aromatic carbocycles. The van der Waals surface area contributed by atoms with Gasteiger partial charge in [0, 0.05) is 12.4 Å². The lowest BCUT2D eigenvalue weighted by Gasteiger charge is -2.21. The van der Waals surface area contributed by atoms with Gasteiger partial charge in [-0.05, 0) is 42.7 Å². The molecule has 0 bridgehead atoms. The van der Waals surface area contributed by atoms with Crippen LogP contribution in [0, 0.1) is 6.92 Å². The van der Waals surface area contributed by atoms with Crippen LogP contribution in [0.5, 0.6) is 5.75 Å². The van der Waals surface area contributed by atoms with Crippen LogP contribution in [0.3, 0.4) is 0 Å². The third-order valence-corrected chi connectivity index (χ3v) is 7.02. The fourth-order valence-corrected chi connectivity index (χ4v) is 5.05. The van der Waals surface area contributed by atoms with Crippen molar-refractivity contribution >= 4 is 16.1 Å². The van der Waals surface area contributed by atoms with Gasteiger partial charge in [-0.25, -0.2) is 22.9 Å². The minimum atomic E-state index is -4.06. The monoisotopic (exact) mass is 490 g/mol. The van der Waals surface area contributed by atoms with Gasteiger partial charge in [0.2, 0.25) is 0 Å². The summed E-state index contributed by atoms with van der Waals surface area (Å²) in [6.45, 7) is 1.68. The second-order valence-electron chi connectivity index (χ2n) is 7.91. The fraction of sp³-hybridized carbons (Fsp3) is 0.154. The van der Waals surface area contributed by atoms with Crippen LogP contribution in [-0.4, -0.2) is 31.1 Å². The molecular formula is C26H26N4O4S. The molecule has 0 aliphatic carbocycles. The van der Waals surface area contributed by atoms with Crippen molar-refractivity contribution in [2.24, 2.45) is 0 Å². The molecule has 180 valence electrons. The van der Waals surface area contributed by atoms with Gasteiger partial charge in [0.1, 0.15) is 11.6 Å². The van der Waals surface area contributed by atoms with Crippen molar-refractivity contribution < 1.29 is 17.9 Å². The summed E-state index contributed by atoms with van der Waals surface area (Å²) >= 11 is 0. The van der Waals surface area contributed by atoms with Gasteiger partial charge in [-0.1, -0.05) is 60.7 Å². The van der Waals surface area contributed by atoms with E-state index in [4.69, 9.17) is 4.74 Å². The molecule has 9 heteroatoms. The number of aromatic nitrogens is 2. The summed E-state index contributed by atoms with van der Waals surface area (Å²) in [5.74, 6) is 1.17. The summed E-state index contributed by atoms with van der Waals surface area (Å²) < 4.78 is 35.2. The predicted octanol–water partition coefficient (Wildman–Crippen LogP) is 4.16. The largest absolute Gasteiger partial charge is 0.495 e. The Kier molecular flexibility index (Phi) is 7.17. The Morgan fingerprint density at radius 3 is 2.43 bits per heavy atom. The third kappa shape index (κ3) is 5.52. The normalized spacial score (nSPS) is 12.1. The zero-order valence-corrected chi connectivity index (χ0v) is 20.2. The molecule has 1 unspecified atom stereocenters. The maximum atomic E-state index is 12.9. The molecule has 0 aliphatic rings. The van der Waals surface area contributed by atoms with Gasteiger partial charge in [0.05, 0.1) is 23.7 Å². The number of nitrogens with zero attached hydrogens (tertiary/aromatic N) is 2. The molecule has 2 amide bonds. The quantitative estimate of drug-likeness (QED) is 0.386. The summed E-state index contributed by atoms with van der Waals surface area (Å²) in [6, 6.07) is 22.1. The highest BCUT2D eigenvalue weighted by Gasteiger charge is 2.25. The number of aryl methyl sites for hydroxylation is 1. The molecular weight excluding hydrogens is 464 g/mol. The van der Waals surface area contributed by atoms with Crippen LogP contribution in [0.4, 0.5) is 4.79 Å². The van der Waals surface area contributed by atoms with Crippen LogP contribution in [0.2, 0.25) is 0 Å². The number of hydrogen-bond acceptors (Lipinski definition) is 5. The number of imidazole rings is 1. The van der Waals surface area contributed by atoms with Crippen LogP contribution in [-0.2, 0) is 16.4 Å². The Labute approximate surface area is 204 Å². The van der Waals surface area contributed by atoms with Crippen molar-refractivity contribution in [3.05, 3.63) is 108 Å². The number of amides is 2. The van der Waals surface area contributed by atoms with Crippen molar-refractivity contribution in [3.8, 4) is 11.4 Å². The number of carbonyl (C=O) groups is 1. The van der Waals surface area contributed by atoms with E-state index < -0.39 is 22.1 Å². The van der Waals surface area contributed by atoms with Crippen LogP contribution in [0.1, 0.15) is 23.0 Å². The number of rotatable bonds is 8. The summed E-state index contributed by atoms with van der Waals surface area (Å²) in [4.78, 5) is 17.5. The molecule has 2 N–H and O–H groups in total. The lowest BCUT2D eigenvalue weighted by atomic mass is 10.1. The summed E-state index contributed by atoms with van der Waals surface area (Å²) in [5.41, 5.74) is 2.24. The Bertz CT molecular complexity index is 1420. The van der Waals surface area contributed by atoms with Gasteiger partial charge < -0.3 is 10.1 Å². The smallest absolute Gasteiger partial charge is 0.329 e. The van der Waals surface area contributed by atoms with Gasteiger partial charge in [0.25, 0.3) is 10.0 Å². The standard InChI is InChI=1S/C26H26N4O4S/c1-19-10-6-9-15-24(19)35(32,33)29-26(31)28-21(18-20-11-4-3-5-12-20)25-27-16-17-30(25)22-13-7-8-14-23(22)34-2/h3-17,21H,18H2,1-2H3,(H2,28,29,31). The fourth-order valence-electron chi connectivity index (χ4n) is 3.88. The maximum absolute atomic E-state index is 12.9. The minimum absolute atomic E-state index is 0.0466. The molecule has 1 heterocycles. The molecule has 4 rings (SSSR count). The number of methoxy groups -OCH3 is 1. The lowest BCUT2D eigenvalue weighted by molar-refractivity contribution is 0.241. The molecule has 8 nitrogen and oxygen atoms in total. The van der Waals surface area contributed by atoms with Crippen molar-refractivity contribution in [2.45, 2.75) is 24.3 Å². The van der Waals surface area contributed by atoms with E-state index in [9.17, 15) is 13.2 Å². The average molecular weight is 491 g/mol. The first-order valence-corrected chi connectivity index (χ1v) is 12.5. The molecule has 4 aromatic rings. The van der Waals surface area contributed by atoms with Crippen LogP contribution in [0.25, 0.3) is 5.69 Å². The Balaban J connectivity index is 1.66. The highest BCUT2D eigenvalue weighted by atomic mass is 32.2. The second-order valence-corrected chi connectivity index (χ2v) is 9.56. The highest BCUT2D eigenvalue weighted by molar-refractivity contribution is 7.90. The van der Waals surface area contributed by atoms with Crippen molar-refractivity contribution in [2.75, 3.05) is 7.11 Å². The summed E-state index contributed by atoms with van der Waals surface area (Å²) in [6.07, 6.45) is 3.79. The topological polar surface area (TPSA) is 102 Å². The van der Waals surface area contributed by atoms with E-state index in [0.717, 1.165) is 11.3 Å². The highest BCUT2D eigenvalue weighted by Crippen LogP contribution is 2.27. The van der Waals surface area contributed by atoms with Crippen molar-refractivity contribution in [1.82, 2.24) is 19.6 Å². The van der Waals surface area contributed by atoms with Gasteiger partial charge in [-0.2, -0.15) is 0 Å². The van der Waals surface area contributed by atoms with Gasteiger partial charge in [-0.15, -0.1) is 0 Å². The number of hydrogen-bond donors (Lipinski definition) is 2. The molecule has 0 spiro atoms. The number of ether oxygens (including phenoxy) is 1. The third-order valence-electron chi connectivity index (χ3n) is 5.52. The van der Waals surface area contributed by atoms with Crippen molar-refractivity contribution in [1.29, 1.82) is 0 Å². The van der Waals surface area contributed by atoms with E-state index in [-0.39, 0.29) is 4.90 Å². The van der Waals surface area contributed by atoms with Crippen LogP contribution in [0.15, 0.2) is 96.2 Å². The number of urea groups is 1. The number of para-hydroxylation sites is 2. The Hall–Kier alpha value is -4.11. The van der Waals surface area contributed by atoms with E-state index in [0.29, 0.717) is 23.6 Å². The van der Waals surface area contributed by atoms with Gasteiger partial charge in [-0.3, -0.25) is 4.57 Å².